The molecular weight excluding hydrogens is 406 g/mol. The molecule has 2 N–H and O–H groups in total. The van der Waals surface area contributed by atoms with Gasteiger partial charge in [-0.15, -0.1) is 5.10 Å². The number of aliphatic hydroxyl groups excluding tert-OH is 1. The first-order valence-corrected chi connectivity index (χ1v) is 10.4. The molecule has 2 heterocycles. The van der Waals surface area contributed by atoms with Crippen LogP contribution in [0.3, 0.4) is 0 Å². The molecule has 8 heteroatoms. The first-order chi connectivity index (χ1) is 14.5. The fraction of sp³-hybridized carbons (Fsp3) is 0.364. The van der Waals surface area contributed by atoms with E-state index in [4.69, 9.17) is 16.3 Å². The molecule has 158 valence electrons. The van der Waals surface area contributed by atoms with E-state index in [9.17, 15) is 15.0 Å². The zero-order chi connectivity index (χ0) is 21.1. The fourth-order valence-corrected chi connectivity index (χ4v) is 4.03. The number of β-amino-alcohol motifs (C(OH)–C–C–N with tert-alkyl or cyclic N) is 1. The van der Waals surface area contributed by atoms with E-state index in [0.29, 0.717) is 43.6 Å². The van der Waals surface area contributed by atoms with Gasteiger partial charge < -0.3 is 14.9 Å². The van der Waals surface area contributed by atoms with Crippen LogP contribution in [-0.2, 0) is 11.3 Å². The number of halogens is 1. The largest absolute Gasteiger partial charge is 0.480 e. The summed E-state index contributed by atoms with van der Waals surface area (Å²) in [5.74, 6) is -0.324. The summed E-state index contributed by atoms with van der Waals surface area (Å²) < 4.78 is 7.86. The summed E-state index contributed by atoms with van der Waals surface area (Å²) in [5, 5.41) is 25.3. The molecule has 4 rings (SSSR count). The second kappa shape index (κ2) is 9.04. The molecule has 1 aliphatic heterocycles. The van der Waals surface area contributed by atoms with Crippen LogP contribution < -0.4 is 4.74 Å². The number of fused-ring (bicyclic) bond motifs is 1. The molecule has 2 atom stereocenters. The number of ether oxygens (including phenoxy) is 1. The van der Waals surface area contributed by atoms with Gasteiger partial charge in [0.2, 0.25) is 5.88 Å². The van der Waals surface area contributed by atoms with E-state index in [1.54, 1.807) is 4.90 Å². The summed E-state index contributed by atoms with van der Waals surface area (Å²) in [6, 6.07) is 15.0. The summed E-state index contributed by atoms with van der Waals surface area (Å²) in [4.78, 5) is 13.1. The van der Waals surface area contributed by atoms with E-state index < -0.39 is 18.1 Å². The van der Waals surface area contributed by atoms with Crippen molar-refractivity contribution in [3.63, 3.8) is 0 Å². The molecule has 2 unspecified atom stereocenters. The Morgan fingerprint density at radius 1 is 1.20 bits per heavy atom. The highest BCUT2D eigenvalue weighted by atomic mass is 35.5. The number of para-hydroxylation sites is 1. The molecule has 1 aliphatic rings. The lowest BCUT2D eigenvalue weighted by molar-refractivity contribution is -0.142. The molecule has 1 fully saturated rings. The van der Waals surface area contributed by atoms with Gasteiger partial charge in [0.25, 0.3) is 0 Å². The highest BCUT2D eigenvalue weighted by Crippen LogP contribution is 2.26. The Bertz CT molecular complexity index is 1020. The Morgan fingerprint density at radius 2 is 1.97 bits per heavy atom. The summed E-state index contributed by atoms with van der Waals surface area (Å²) in [6.07, 6.45) is 0.338. The van der Waals surface area contributed by atoms with Gasteiger partial charge in [-0.25, -0.2) is 0 Å². The number of carboxylic acids is 1. The molecule has 2 aromatic carbocycles. The standard InChI is InChI=1S/C22H24ClN3O4/c23-16-8-6-15(7-9-16)13-26-19-5-2-1-4-18(19)21(24-26)30-11-3-10-25-14-17(27)12-20(25)22(28)29/h1-2,4-9,17,20,27H,3,10-14H2,(H,28,29). The Morgan fingerprint density at radius 3 is 2.73 bits per heavy atom. The zero-order valence-corrected chi connectivity index (χ0v) is 17.2. The molecule has 7 nitrogen and oxygen atoms in total. The molecule has 1 saturated heterocycles. The number of aromatic nitrogens is 2. The second-order valence-corrected chi connectivity index (χ2v) is 7.98. The maximum absolute atomic E-state index is 11.3. The van der Waals surface area contributed by atoms with E-state index in [1.807, 2.05) is 53.2 Å². The number of hydrogen-bond donors (Lipinski definition) is 2. The van der Waals surface area contributed by atoms with Crippen molar-refractivity contribution in [1.29, 1.82) is 0 Å². The van der Waals surface area contributed by atoms with Crippen molar-refractivity contribution in [3.8, 4) is 5.88 Å². The molecule has 30 heavy (non-hydrogen) atoms. The van der Waals surface area contributed by atoms with Gasteiger partial charge >= 0.3 is 5.97 Å². The smallest absolute Gasteiger partial charge is 0.321 e. The molecule has 0 saturated carbocycles. The predicted octanol–water partition coefficient (Wildman–Crippen LogP) is 3.03. The number of nitrogens with zero attached hydrogens (tertiary/aromatic N) is 3. The Labute approximate surface area is 179 Å². The van der Waals surface area contributed by atoms with E-state index in [2.05, 4.69) is 5.10 Å². The van der Waals surface area contributed by atoms with Crippen LogP contribution in [0.5, 0.6) is 5.88 Å². The molecule has 3 aromatic rings. The van der Waals surface area contributed by atoms with Crippen LogP contribution in [0.4, 0.5) is 0 Å². The van der Waals surface area contributed by atoms with Crippen LogP contribution in [0.2, 0.25) is 5.02 Å². The van der Waals surface area contributed by atoms with Gasteiger partial charge in [0.05, 0.1) is 30.2 Å². The van der Waals surface area contributed by atoms with Crippen LogP contribution in [0.25, 0.3) is 10.9 Å². The number of aliphatic hydroxyl groups is 1. The minimum atomic E-state index is -0.889. The first-order valence-electron chi connectivity index (χ1n) is 9.99. The van der Waals surface area contributed by atoms with Gasteiger partial charge in [-0.05, 0) is 36.2 Å². The molecular formula is C22H24ClN3O4. The minimum Gasteiger partial charge on any atom is -0.480 e. The third-order valence-electron chi connectivity index (χ3n) is 5.36. The molecule has 0 radical (unpaired) electrons. The number of hydrogen-bond acceptors (Lipinski definition) is 5. The second-order valence-electron chi connectivity index (χ2n) is 7.55. The lowest BCUT2D eigenvalue weighted by Gasteiger charge is -2.20. The predicted molar refractivity (Wildman–Crippen MR) is 114 cm³/mol. The maximum atomic E-state index is 11.3. The highest BCUT2D eigenvalue weighted by molar-refractivity contribution is 6.30. The van der Waals surface area contributed by atoms with Crippen molar-refractivity contribution < 1.29 is 19.7 Å². The third kappa shape index (κ3) is 4.59. The minimum absolute atomic E-state index is 0.274. The zero-order valence-electron chi connectivity index (χ0n) is 16.4. The van der Waals surface area contributed by atoms with Gasteiger partial charge in [0, 0.05) is 24.5 Å². The average Bonchev–Trinajstić information content (AvgIpc) is 3.28. The van der Waals surface area contributed by atoms with Gasteiger partial charge in [0.15, 0.2) is 0 Å². The topological polar surface area (TPSA) is 87.8 Å². The summed E-state index contributed by atoms with van der Waals surface area (Å²) in [6.45, 7) is 1.96. The van der Waals surface area contributed by atoms with Gasteiger partial charge in [-0.2, -0.15) is 0 Å². The van der Waals surface area contributed by atoms with Crippen molar-refractivity contribution in [2.45, 2.75) is 31.5 Å². The molecule has 1 aromatic heterocycles. The Balaban J connectivity index is 1.41. The fourth-order valence-electron chi connectivity index (χ4n) is 3.91. The number of carbonyl (C=O) groups is 1. The van der Waals surface area contributed by atoms with E-state index in [0.717, 1.165) is 16.5 Å². The Hall–Kier alpha value is -2.61. The van der Waals surface area contributed by atoms with E-state index in [1.165, 1.54) is 0 Å². The van der Waals surface area contributed by atoms with E-state index >= 15 is 0 Å². The van der Waals surface area contributed by atoms with Crippen LogP contribution in [0, 0.1) is 0 Å². The van der Waals surface area contributed by atoms with Crippen molar-refractivity contribution in [3.05, 3.63) is 59.1 Å². The number of likely N-dealkylation sites (tertiary alicyclic amines) is 1. The van der Waals surface area contributed by atoms with Gasteiger partial charge in [0.1, 0.15) is 6.04 Å². The monoisotopic (exact) mass is 429 g/mol. The lowest BCUT2D eigenvalue weighted by atomic mass is 10.2. The SMILES string of the molecule is O=C(O)C1CC(O)CN1CCCOc1nn(Cc2ccc(Cl)cc2)c2ccccc12. The molecule has 0 aliphatic carbocycles. The van der Waals surface area contributed by atoms with Crippen molar-refractivity contribution in [2.24, 2.45) is 0 Å². The van der Waals surface area contributed by atoms with Crippen molar-refractivity contribution in [2.75, 3.05) is 19.7 Å². The van der Waals surface area contributed by atoms with E-state index in [-0.39, 0.29) is 6.42 Å². The first kappa shape index (κ1) is 20.7. The van der Waals surface area contributed by atoms with Crippen LogP contribution >= 0.6 is 11.6 Å². The maximum Gasteiger partial charge on any atom is 0.321 e. The highest BCUT2D eigenvalue weighted by Gasteiger charge is 2.35. The number of carboxylic acid groups (broad SMARTS) is 1. The van der Waals surface area contributed by atoms with Crippen molar-refractivity contribution in [1.82, 2.24) is 14.7 Å². The average molecular weight is 430 g/mol. The summed E-state index contributed by atoms with van der Waals surface area (Å²) >= 11 is 5.97. The number of benzene rings is 2. The number of rotatable bonds is 8. The van der Waals surface area contributed by atoms with Crippen LogP contribution in [0.1, 0.15) is 18.4 Å². The van der Waals surface area contributed by atoms with Crippen LogP contribution in [0.15, 0.2) is 48.5 Å². The van der Waals surface area contributed by atoms with Gasteiger partial charge in [-0.3, -0.25) is 14.4 Å². The lowest BCUT2D eigenvalue weighted by Crippen LogP contribution is -2.37. The quantitative estimate of drug-likeness (QED) is 0.535. The number of aliphatic carboxylic acids is 1. The van der Waals surface area contributed by atoms with Gasteiger partial charge in [-0.1, -0.05) is 35.9 Å². The Kier molecular flexibility index (Phi) is 6.22. The summed E-state index contributed by atoms with van der Waals surface area (Å²) in [5.41, 5.74) is 2.07. The van der Waals surface area contributed by atoms with Crippen LogP contribution in [-0.4, -0.2) is 62.7 Å². The summed E-state index contributed by atoms with van der Waals surface area (Å²) in [7, 11) is 0. The van der Waals surface area contributed by atoms with Crippen molar-refractivity contribution >= 4 is 28.5 Å². The molecule has 0 spiro atoms. The third-order valence-corrected chi connectivity index (χ3v) is 5.62. The molecule has 0 amide bonds. The molecule has 0 bridgehead atoms. The normalized spacial score (nSPS) is 19.4.